The molecule has 1 N–H and O–H groups in total. The predicted molar refractivity (Wildman–Crippen MR) is 81.3 cm³/mol. The summed E-state index contributed by atoms with van der Waals surface area (Å²) in [6, 6.07) is 8.62. The molecule has 0 saturated heterocycles. The van der Waals surface area contributed by atoms with Gasteiger partial charge in [-0.1, -0.05) is 58.4 Å². The Hall–Kier alpha value is -0.820. The van der Waals surface area contributed by atoms with E-state index in [4.69, 9.17) is 0 Å². The summed E-state index contributed by atoms with van der Waals surface area (Å²) in [5, 5.41) is 10.8. The first-order valence-electron chi connectivity index (χ1n) is 7.68. The van der Waals surface area contributed by atoms with Gasteiger partial charge in [0, 0.05) is 0 Å². The van der Waals surface area contributed by atoms with Crippen molar-refractivity contribution in [3.8, 4) is 0 Å². The Kier molecular flexibility index (Phi) is 4.06. The second-order valence-electron chi connectivity index (χ2n) is 7.21. The third-order valence-corrected chi connectivity index (χ3v) is 4.80. The molecule has 0 amide bonds. The summed E-state index contributed by atoms with van der Waals surface area (Å²) in [7, 11) is 0. The van der Waals surface area contributed by atoms with Crippen molar-refractivity contribution < 1.29 is 5.11 Å². The highest BCUT2D eigenvalue weighted by Crippen LogP contribution is 2.40. The summed E-state index contributed by atoms with van der Waals surface area (Å²) < 4.78 is 0. The standard InChI is InChI=1S/C18H28O/c1-5-14-10-12-18(19,13-11-14)16-8-6-15(7-9-16)17(2,3)4/h6-9,14,19H,5,10-13H2,1-4H3. The van der Waals surface area contributed by atoms with Crippen LogP contribution >= 0.6 is 0 Å². The van der Waals surface area contributed by atoms with Gasteiger partial charge in [0.2, 0.25) is 0 Å². The largest absolute Gasteiger partial charge is 0.385 e. The van der Waals surface area contributed by atoms with Crippen LogP contribution in [0.2, 0.25) is 0 Å². The Labute approximate surface area is 118 Å². The fraction of sp³-hybridized carbons (Fsp3) is 0.667. The summed E-state index contributed by atoms with van der Waals surface area (Å²) >= 11 is 0. The predicted octanol–water partition coefficient (Wildman–Crippen LogP) is 4.77. The Balaban J connectivity index is 2.14. The molecule has 0 atom stereocenters. The van der Waals surface area contributed by atoms with E-state index in [2.05, 4.69) is 52.0 Å². The SMILES string of the molecule is CCC1CCC(O)(c2ccc(C(C)(C)C)cc2)CC1. The molecular weight excluding hydrogens is 232 g/mol. The second-order valence-corrected chi connectivity index (χ2v) is 7.21. The molecule has 1 aliphatic rings. The first kappa shape index (κ1) is 14.6. The van der Waals surface area contributed by atoms with E-state index >= 15 is 0 Å². The zero-order chi connectivity index (χ0) is 14.1. The quantitative estimate of drug-likeness (QED) is 0.812. The van der Waals surface area contributed by atoms with Crippen LogP contribution in [0.15, 0.2) is 24.3 Å². The number of rotatable bonds is 2. The maximum Gasteiger partial charge on any atom is 0.0896 e. The lowest BCUT2D eigenvalue weighted by Crippen LogP contribution is -2.31. The van der Waals surface area contributed by atoms with Gasteiger partial charge in [0.1, 0.15) is 0 Å². The average Bonchev–Trinajstić information content (AvgIpc) is 2.39. The van der Waals surface area contributed by atoms with Crippen LogP contribution in [0.5, 0.6) is 0 Å². The zero-order valence-electron chi connectivity index (χ0n) is 12.9. The molecule has 1 saturated carbocycles. The van der Waals surface area contributed by atoms with E-state index in [0.29, 0.717) is 0 Å². The van der Waals surface area contributed by atoms with E-state index in [0.717, 1.165) is 37.2 Å². The molecule has 1 nitrogen and oxygen atoms in total. The van der Waals surface area contributed by atoms with Gasteiger partial charge in [-0.3, -0.25) is 0 Å². The van der Waals surface area contributed by atoms with Gasteiger partial charge < -0.3 is 5.11 Å². The van der Waals surface area contributed by atoms with Gasteiger partial charge in [-0.25, -0.2) is 0 Å². The van der Waals surface area contributed by atoms with Crippen molar-refractivity contribution >= 4 is 0 Å². The third-order valence-electron chi connectivity index (χ3n) is 4.80. The van der Waals surface area contributed by atoms with E-state index in [9.17, 15) is 5.11 Å². The smallest absolute Gasteiger partial charge is 0.0896 e. The monoisotopic (exact) mass is 260 g/mol. The molecule has 1 aromatic rings. The maximum absolute atomic E-state index is 10.8. The summed E-state index contributed by atoms with van der Waals surface area (Å²) in [6.07, 6.45) is 5.40. The van der Waals surface area contributed by atoms with Crippen LogP contribution in [-0.2, 0) is 11.0 Å². The maximum atomic E-state index is 10.8. The fourth-order valence-corrected chi connectivity index (χ4v) is 3.13. The van der Waals surface area contributed by atoms with Crippen LogP contribution in [-0.4, -0.2) is 5.11 Å². The number of benzene rings is 1. The van der Waals surface area contributed by atoms with Crippen molar-refractivity contribution in [1.82, 2.24) is 0 Å². The number of hydrogen-bond acceptors (Lipinski definition) is 1. The van der Waals surface area contributed by atoms with Gasteiger partial charge in [0.05, 0.1) is 5.60 Å². The Bertz CT molecular complexity index is 402. The van der Waals surface area contributed by atoms with Crippen molar-refractivity contribution in [3.63, 3.8) is 0 Å². The molecule has 0 radical (unpaired) electrons. The van der Waals surface area contributed by atoms with Gasteiger partial charge in [-0.05, 0) is 48.1 Å². The minimum Gasteiger partial charge on any atom is -0.385 e. The molecule has 0 spiro atoms. The van der Waals surface area contributed by atoms with Crippen molar-refractivity contribution in [1.29, 1.82) is 0 Å². The van der Waals surface area contributed by atoms with Crippen molar-refractivity contribution in [2.45, 2.75) is 70.8 Å². The zero-order valence-corrected chi connectivity index (χ0v) is 12.9. The van der Waals surface area contributed by atoms with Gasteiger partial charge in [0.15, 0.2) is 0 Å². The van der Waals surface area contributed by atoms with E-state index < -0.39 is 5.60 Å². The molecule has 0 unspecified atom stereocenters. The van der Waals surface area contributed by atoms with Gasteiger partial charge in [-0.15, -0.1) is 0 Å². The molecule has 19 heavy (non-hydrogen) atoms. The molecule has 2 rings (SSSR count). The molecule has 106 valence electrons. The van der Waals surface area contributed by atoms with Crippen LogP contribution in [0.4, 0.5) is 0 Å². The molecule has 1 heteroatoms. The Morgan fingerprint density at radius 1 is 1.11 bits per heavy atom. The fourth-order valence-electron chi connectivity index (χ4n) is 3.13. The number of aliphatic hydroxyl groups is 1. The third kappa shape index (κ3) is 3.20. The van der Waals surface area contributed by atoms with Crippen LogP contribution in [0.25, 0.3) is 0 Å². The lowest BCUT2D eigenvalue weighted by atomic mass is 9.74. The summed E-state index contributed by atoms with van der Waals surface area (Å²) in [6.45, 7) is 8.93. The van der Waals surface area contributed by atoms with Crippen LogP contribution in [0, 0.1) is 5.92 Å². The molecule has 0 heterocycles. The van der Waals surface area contributed by atoms with E-state index in [1.807, 2.05) is 0 Å². The van der Waals surface area contributed by atoms with E-state index in [1.54, 1.807) is 0 Å². The van der Waals surface area contributed by atoms with Gasteiger partial charge in [0.25, 0.3) is 0 Å². The Morgan fingerprint density at radius 2 is 1.63 bits per heavy atom. The molecule has 0 aliphatic heterocycles. The summed E-state index contributed by atoms with van der Waals surface area (Å²) in [5.41, 5.74) is 2.04. The molecule has 1 aliphatic carbocycles. The summed E-state index contributed by atoms with van der Waals surface area (Å²) in [5.74, 6) is 0.814. The first-order valence-corrected chi connectivity index (χ1v) is 7.68. The van der Waals surface area contributed by atoms with E-state index in [1.165, 1.54) is 12.0 Å². The minimum absolute atomic E-state index is 0.182. The first-order chi connectivity index (χ1) is 8.85. The summed E-state index contributed by atoms with van der Waals surface area (Å²) in [4.78, 5) is 0. The lowest BCUT2D eigenvalue weighted by Gasteiger charge is -2.36. The Morgan fingerprint density at radius 3 is 2.05 bits per heavy atom. The highest BCUT2D eigenvalue weighted by Gasteiger charge is 2.34. The normalized spacial score (nSPS) is 28.4. The van der Waals surface area contributed by atoms with Crippen LogP contribution in [0.3, 0.4) is 0 Å². The van der Waals surface area contributed by atoms with E-state index in [-0.39, 0.29) is 5.41 Å². The van der Waals surface area contributed by atoms with Gasteiger partial charge in [-0.2, -0.15) is 0 Å². The highest BCUT2D eigenvalue weighted by molar-refractivity contribution is 5.31. The van der Waals surface area contributed by atoms with Gasteiger partial charge >= 0.3 is 0 Å². The average molecular weight is 260 g/mol. The van der Waals surface area contributed by atoms with Crippen LogP contribution in [0.1, 0.15) is 70.9 Å². The second kappa shape index (κ2) is 5.28. The van der Waals surface area contributed by atoms with Crippen molar-refractivity contribution in [2.75, 3.05) is 0 Å². The minimum atomic E-state index is -0.581. The molecule has 1 fully saturated rings. The number of hydrogen-bond donors (Lipinski definition) is 1. The lowest BCUT2D eigenvalue weighted by molar-refractivity contribution is -0.0146. The molecule has 0 aromatic heterocycles. The highest BCUT2D eigenvalue weighted by atomic mass is 16.3. The molecular formula is C18H28O. The molecule has 1 aromatic carbocycles. The molecule has 0 bridgehead atoms. The van der Waals surface area contributed by atoms with Crippen molar-refractivity contribution in [3.05, 3.63) is 35.4 Å². The van der Waals surface area contributed by atoms with Crippen LogP contribution < -0.4 is 0 Å². The van der Waals surface area contributed by atoms with Crippen molar-refractivity contribution in [2.24, 2.45) is 5.92 Å². The topological polar surface area (TPSA) is 20.2 Å².